The molecule has 26 heavy (non-hydrogen) atoms. The summed E-state index contributed by atoms with van der Waals surface area (Å²) in [5.41, 5.74) is 0.582. The molecule has 2 fully saturated rings. The van der Waals surface area contributed by atoms with Crippen LogP contribution in [0.1, 0.15) is 36.9 Å². The molecule has 0 aliphatic carbocycles. The van der Waals surface area contributed by atoms with Crippen molar-refractivity contribution in [2.45, 2.75) is 43.7 Å². The molecule has 1 aromatic carbocycles. The molecule has 0 radical (unpaired) electrons. The third-order valence-corrected chi connectivity index (χ3v) is 7.80. The summed E-state index contributed by atoms with van der Waals surface area (Å²) in [7, 11) is -3.42. The van der Waals surface area contributed by atoms with Gasteiger partial charge in [-0.2, -0.15) is 0 Å². The highest BCUT2D eigenvalue weighted by Crippen LogP contribution is 2.51. The minimum atomic E-state index is -3.42. The maximum atomic E-state index is 13.0. The Morgan fingerprint density at radius 2 is 2.23 bits per heavy atom. The molecule has 4 rings (SSSR count). The highest BCUT2D eigenvalue weighted by molar-refractivity contribution is 7.92. The minimum Gasteiger partial charge on any atom is -0.466 e. The Balaban J connectivity index is 1.85. The average Bonchev–Trinajstić information content (AvgIpc) is 2.57. The van der Waals surface area contributed by atoms with E-state index in [2.05, 4.69) is 5.32 Å². The summed E-state index contributed by atoms with van der Waals surface area (Å²) in [4.78, 5) is 14.4. The van der Waals surface area contributed by atoms with E-state index < -0.39 is 26.9 Å². The van der Waals surface area contributed by atoms with E-state index in [1.54, 1.807) is 0 Å². The lowest BCUT2D eigenvalue weighted by Gasteiger charge is -2.58. The van der Waals surface area contributed by atoms with E-state index >= 15 is 0 Å². The molecule has 3 heterocycles. The molecule has 3 unspecified atom stereocenters. The molecular formula is C18H24N2O5S. The monoisotopic (exact) mass is 380 g/mol. The highest BCUT2D eigenvalue weighted by Gasteiger charge is 2.65. The second-order valence-electron chi connectivity index (χ2n) is 7.16. The molecule has 8 heteroatoms. The molecular weight excluding hydrogens is 356 g/mol. The van der Waals surface area contributed by atoms with Crippen LogP contribution in [0.25, 0.3) is 0 Å². The SMILES string of the molecule is CCOCCN1C(=O)NC2c3cc(C)ccc3OC13CCCS(=O)(=O)C23. The second-order valence-corrected chi connectivity index (χ2v) is 9.40. The molecule has 3 aliphatic heterocycles. The molecule has 2 saturated heterocycles. The van der Waals surface area contributed by atoms with Crippen molar-refractivity contribution in [3.63, 3.8) is 0 Å². The quantitative estimate of drug-likeness (QED) is 0.805. The summed E-state index contributed by atoms with van der Waals surface area (Å²) in [5.74, 6) is 0.769. The Labute approximate surface area is 153 Å². The summed E-state index contributed by atoms with van der Waals surface area (Å²) in [6, 6.07) is 4.84. The van der Waals surface area contributed by atoms with Gasteiger partial charge in [0.25, 0.3) is 0 Å². The summed E-state index contributed by atoms with van der Waals surface area (Å²) in [5, 5.41) is 2.12. The Bertz CT molecular complexity index is 840. The van der Waals surface area contributed by atoms with Crippen LogP contribution in [0.2, 0.25) is 0 Å². The number of nitrogens with zero attached hydrogens (tertiary/aromatic N) is 1. The van der Waals surface area contributed by atoms with Gasteiger partial charge in [-0.15, -0.1) is 0 Å². The number of urea groups is 1. The first-order chi connectivity index (χ1) is 12.4. The Kier molecular flexibility index (Phi) is 4.15. The van der Waals surface area contributed by atoms with Crippen LogP contribution in [-0.2, 0) is 14.6 Å². The summed E-state index contributed by atoms with van der Waals surface area (Å²) < 4.78 is 37.8. The predicted octanol–water partition coefficient (Wildman–Crippen LogP) is 1.76. The predicted molar refractivity (Wildman–Crippen MR) is 95.8 cm³/mol. The van der Waals surface area contributed by atoms with Crippen LogP contribution < -0.4 is 10.1 Å². The van der Waals surface area contributed by atoms with Crippen molar-refractivity contribution in [1.82, 2.24) is 10.2 Å². The number of benzene rings is 1. The van der Waals surface area contributed by atoms with E-state index in [9.17, 15) is 13.2 Å². The van der Waals surface area contributed by atoms with Gasteiger partial charge in [0.1, 0.15) is 11.0 Å². The van der Waals surface area contributed by atoms with Crippen LogP contribution in [0.3, 0.4) is 0 Å². The van der Waals surface area contributed by atoms with Crippen LogP contribution in [-0.4, -0.2) is 55.8 Å². The largest absolute Gasteiger partial charge is 0.466 e. The number of amides is 2. The van der Waals surface area contributed by atoms with Crippen molar-refractivity contribution in [2.75, 3.05) is 25.5 Å². The van der Waals surface area contributed by atoms with Crippen LogP contribution >= 0.6 is 0 Å². The molecule has 142 valence electrons. The van der Waals surface area contributed by atoms with E-state index in [0.29, 0.717) is 38.3 Å². The molecule has 2 bridgehead atoms. The van der Waals surface area contributed by atoms with E-state index in [1.165, 1.54) is 4.90 Å². The lowest BCUT2D eigenvalue weighted by Crippen LogP contribution is -2.76. The van der Waals surface area contributed by atoms with Gasteiger partial charge in [-0.3, -0.25) is 4.90 Å². The van der Waals surface area contributed by atoms with Gasteiger partial charge in [0.05, 0.1) is 18.4 Å². The lowest BCUT2D eigenvalue weighted by molar-refractivity contribution is -0.109. The summed E-state index contributed by atoms with van der Waals surface area (Å²) in [6.07, 6.45) is 0.978. The number of nitrogens with one attached hydrogen (secondary N) is 1. The van der Waals surface area contributed by atoms with E-state index in [0.717, 1.165) is 11.1 Å². The van der Waals surface area contributed by atoms with Crippen molar-refractivity contribution in [1.29, 1.82) is 0 Å². The second kappa shape index (κ2) is 6.13. The highest BCUT2D eigenvalue weighted by atomic mass is 32.2. The summed E-state index contributed by atoms with van der Waals surface area (Å²) in [6.45, 7) is 4.99. The van der Waals surface area contributed by atoms with E-state index in [-0.39, 0.29) is 11.8 Å². The molecule has 2 amide bonds. The lowest BCUT2D eigenvalue weighted by atomic mass is 9.85. The fourth-order valence-corrected chi connectivity index (χ4v) is 6.77. The number of fused-ring (bicyclic) bond motifs is 2. The van der Waals surface area contributed by atoms with Gasteiger partial charge < -0.3 is 14.8 Å². The molecule has 3 atom stereocenters. The number of sulfone groups is 1. The third-order valence-electron chi connectivity index (χ3n) is 5.53. The number of carbonyl (C=O) groups is 1. The Morgan fingerprint density at radius 1 is 1.42 bits per heavy atom. The Morgan fingerprint density at radius 3 is 3.00 bits per heavy atom. The maximum Gasteiger partial charge on any atom is 0.321 e. The average molecular weight is 380 g/mol. The number of rotatable bonds is 4. The fourth-order valence-electron chi connectivity index (χ4n) is 4.48. The van der Waals surface area contributed by atoms with E-state index in [1.807, 2.05) is 32.0 Å². The van der Waals surface area contributed by atoms with Crippen molar-refractivity contribution < 1.29 is 22.7 Å². The van der Waals surface area contributed by atoms with Crippen molar-refractivity contribution in [3.05, 3.63) is 29.3 Å². The first-order valence-corrected chi connectivity index (χ1v) is 10.8. The number of ether oxygens (including phenoxy) is 2. The number of hydrogen-bond donors (Lipinski definition) is 1. The van der Waals surface area contributed by atoms with Crippen LogP contribution in [0, 0.1) is 6.92 Å². The first kappa shape index (κ1) is 17.6. The molecule has 0 spiro atoms. The molecule has 0 aromatic heterocycles. The van der Waals surface area contributed by atoms with Crippen LogP contribution in [0.15, 0.2) is 18.2 Å². The van der Waals surface area contributed by atoms with Gasteiger partial charge in [0.2, 0.25) is 5.72 Å². The zero-order valence-corrected chi connectivity index (χ0v) is 15.8. The molecule has 1 N–H and O–H groups in total. The minimum absolute atomic E-state index is 0.121. The summed E-state index contributed by atoms with van der Waals surface area (Å²) >= 11 is 0. The van der Waals surface area contributed by atoms with Crippen molar-refractivity contribution in [3.8, 4) is 5.75 Å². The van der Waals surface area contributed by atoms with Crippen LogP contribution in [0.4, 0.5) is 4.79 Å². The number of carbonyl (C=O) groups excluding carboxylic acids is 1. The normalized spacial score (nSPS) is 31.5. The molecule has 0 saturated carbocycles. The number of hydrogen-bond acceptors (Lipinski definition) is 5. The zero-order valence-electron chi connectivity index (χ0n) is 15.0. The van der Waals surface area contributed by atoms with Crippen molar-refractivity contribution >= 4 is 15.9 Å². The molecule has 1 aromatic rings. The van der Waals surface area contributed by atoms with Gasteiger partial charge in [-0.25, -0.2) is 13.2 Å². The topological polar surface area (TPSA) is 84.9 Å². The van der Waals surface area contributed by atoms with Gasteiger partial charge in [-0.05, 0) is 26.3 Å². The van der Waals surface area contributed by atoms with Gasteiger partial charge in [0.15, 0.2) is 9.84 Å². The van der Waals surface area contributed by atoms with Crippen LogP contribution in [0.5, 0.6) is 5.75 Å². The molecule has 3 aliphatic rings. The standard InChI is InChI=1S/C18H24N2O5S/c1-3-24-9-8-20-17(21)19-15-13-11-12(2)5-6-14(13)25-18(20)7-4-10-26(22,23)16(15)18/h5-6,11,15-16H,3-4,7-10H2,1-2H3,(H,19,21). The number of aryl methyl sites for hydroxylation is 1. The van der Waals surface area contributed by atoms with Crippen molar-refractivity contribution in [2.24, 2.45) is 0 Å². The Hall–Kier alpha value is -1.80. The fraction of sp³-hybridized carbons (Fsp3) is 0.611. The molecule has 7 nitrogen and oxygen atoms in total. The van der Waals surface area contributed by atoms with Gasteiger partial charge in [-0.1, -0.05) is 17.7 Å². The first-order valence-electron chi connectivity index (χ1n) is 9.06. The smallest absolute Gasteiger partial charge is 0.321 e. The van der Waals surface area contributed by atoms with Gasteiger partial charge in [0, 0.05) is 25.1 Å². The third kappa shape index (κ3) is 2.50. The maximum absolute atomic E-state index is 13.0. The van der Waals surface area contributed by atoms with E-state index in [4.69, 9.17) is 9.47 Å². The van der Waals surface area contributed by atoms with Gasteiger partial charge >= 0.3 is 6.03 Å². The zero-order chi connectivity index (χ0) is 18.5.